The Hall–Kier alpha value is -2.64. The Morgan fingerprint density at radius 2 is 2.04 bits per heavy atom. The van der Waals surface area contributed by atoms with E-state index in [2.05, 4.69) is 5.32 Å². The highest BCUT2D eigenvalue weighted by Crippen LogP contribution is 2.24. The second-order valence-electron chi connectivity index (χ2n) is 5.37. The number of anilines is 1. The van der Waals surface area contributed by atoms with Gasteiger partial charge >= 0.3 is 11.9 Å². The van der Waals surface area contributed by atoms with Crippen LogP contribution in [-0.4, -0.2) is 34.6 Å². The summed E-state index contributed by atoms with van der Waals surface area (Å²) in [6.45, 7) is 5.45. The van der Waals surface area contributed by atoms with Gasteiger partial charge < -0.3 is 15.2 Å². The number of ether oxygens (including phenoxy) is 1. The fourth-order valence-corrected chi connectivity index (χ4v) is 2.05. The maximum Gasteiger partial charge on any atom is 0.345 e. The highest BCUT2D eigenvalue weighted by Gasteiger charge is 2.24. The molecule has 1 atom stereocenters. The molecule has 0 unspecified atom stereocenters. The molecular weight excluding hydrogens is 304 g/mol. The second kappa shape index (κ2) is 8.11. The molecule has 0 aromatic heterocycles. The molecule has 8 heteroatoms. The molecule has 0 spiro atoms. The van der Waals surface area contributed by atoms with Crippen molar-refractivity contribution in [2.24, 2.45) is 5.92 Å². The number of hydrogen-bond acceptors (Lipinski definition) is 6. The summed E-state index contributed by atoms with van der Waals surface area (Å²) in [4.78, 5) is 33.4. The molecule has 0 bridgehead atoms. The van der Waals surface area contributed by atoms with E-state index in [0.29, 0.717) is 12.1 Å². The Balaban J connectivity index is 3.13. The van der Waals surface area contributed by atoms with Crippen LogP contribution in [0.25, 0.3) is 0 Å². The van der Waals surface area contributed by atoms with Gasteiger partial charge in [0.05, 0.1) is 11.5 Å². The van der Waals surface area contributed by atoms with Crippen molar-refractivity contribution in [3.8, 4) is 0 Å². The monoisotopic (exact) mass is 324 g/mol. The van der Waals surface area contributed by atoms with E-state index in [1.54, 1.807) is 6.92 Å². The maximum atomic E-state index is 11.8. The van der Waals surface area contributed by atoms with Crippen molar-refractivity contribution < 1.29 is 24.4 Å². The first-order chi connectivity index (χ1) is 10.8. The second-order valence-corrected chi connectivity index (χ2v) is 5.37. The van der Waals surface area contributed by atoms with E-state index in [4.69, 9.17) is 4.74 Å². The van der Waals surface area contributed by atoms with Crippen LogP contribution in [0.1, 0.15) is 37.6 Å². The predicted molar refractivity (Wildman–Crippen MR) is 83.6 cm³/mol. The molecule has 0 aliphatic heterocycles. The van der Waals surface area contributed by atoms with Gasteiger partial charge in [0.1, 0.15) is 11.6 Å². The SMILES string of the molecule is CCOC(=O)c1cc(N[C@H](CC(C)C)C(=O)O)ccc1[N+](=O)[O-]. The summed E-state index contributed by atoms with van der Waals surface area (Å²) in [5, 5.41) is 23.0. The standard InChI is InChI=1S/C15H20N2O6/c1-4-23-15(20)11-8-10(5-6-13(11)17(21)22)16-12(14(18)19)7-9(2)3/h5-6,8-9,12,16H,4,7H2,1-3H3,(H,18,19)/t12-/m1/s1. The number of carboxylic acid groups (broad SMARTS) is 1. The molecular formula is C15H20N2O6. The molecule has 23 heavy (non-hydrogen) atoms. The molecule has 0 radical (unpaired) electrons. The van der Waals surface area contributed by atoms with Crippen LogP contribution in [-0.2, 0) is 9.53 Å². The predicted octanol–water partition coefficient (Wildman–Crippen LogP) is 2.68. The van der Waals surface area contributed by atoms with E-state index in [1.165, 1.54) is 12.1 Å². The zero-order chi connectivity index (χ0) is 17.6. The third-order valence-electron chi connectivity index (χ3n) is 3.03. The number of carbonyl (C=O) groups is 2. The number of esters is 1. The number of nitro benzene ring substituents is 1. The average molecular weight is 324 g/mol. The lowest BCUT2D eigenvalue weighted by Crippen LogP contribution is -2.30. The highest BCUT2D eigenvalue weighted by molar-refractivity contribution is 5.95. The van der Waals surface area contributed by atoms with Crippen LogP contribution in [0.15, 0.2) is 18.2 Å². The summed E-state index contributed by atoms with van der Waals surface area (Å²) < 4.78 is 4.80. The van der Waals surface area contributed by atoms with Crippen LogP contribution < -0.4 is 5.32 Å². The Morgan fingerprint density at radius 3 is 2.52 bits per heavy atom. The van der Waals surface area contributed by atoms with Gasteiger partial charge in [0.2, 0.25) is 0 Å². The lowest BCUT2D eigenvalue weighted by Gasteiger charge is -2.18. The summed E-state index contributed by atoms with van der Waals surface area (Å²) in [5.74, 6) is -1.71. The number of benzene rings is 1. The summed E-state index contributed by atoms with van der Waals surface area (Å²) in [7, 11) is 0. The van der Waals surface area contributed by atoms with Crippen LogP contribution in [0.2, 0.25) is 0 Å². The van der Waals surface area contributed by atoms with Crippen molar-refractivity contribution in [3.63, 3.8) is 0 Å². The molecule has 0 aliphatic rings. The largest absolute Gasteiger partial charge is 0.480 e. The fourth-order valence-electron chi connectivity index (χ4n) is 2.05. The minimum absolute atomic E-state index is 0.0821. The Bertz CT molecular complexity index is 600. The lowest BCUT2D eigenvalue weighted by molar-refractivity contribution is -0.385. The van der Waals surface area contributed by atoms with Gasteiger partial charge in [-0.2, -0.15) is 0 Å². The van der Waals surface area contributed by atoms with Crippen molar-refractivity contribution in [1.29, 1.82) is 0 Å². The van der Waals surface area contributed by atoms with E-state index in [1.807, 2.05) is 13.8 Å². The molecule has 0 saturated heterocycles. The first-order valence-electron chi connectivity index (χ1n) is 7.21. The van der Waals surface area contributed by atoms with Gasteiger partial charge in [-0.25, -0.2) is 9.59 Å². The van der Waals surface area contributed by atoms with Gasteiger partial charge in [0.25, 0.3) is 5.69 Å². The normalized spacial score (nSPS) is 11.8. The minimum atomic E-state index is -1.03. The van der Waals surface area contributed by atoms with E-state index >= 15 is 0 Å². The van der Waals surface area contributed by atoms with Crippen molar-refractivity contribution in [1.82, 2.24) is 0 Å². The molecule has 0 fully saturated rings. The zero-order valence-electron chi connectivity index (χ0n) is 13.2. The van der Waals surface area contributed by atoms with Gasteiger partial charge in [-0.1, -0.05) is 13.8 Å². The van der Waals surface area contributed by atoms with Gasteiger partial charge in [-0.3, -0.25) is 10.1 Å². The van der Waals surface area contributed by atoms with Gasteiger partial charge in [0.15, 0.2) is 0 Å². The maximum absolute atomic E-state index is 11.8. The molecule has 0 aliphatic carbocycles. The van der Waals surface area contributed by atoms with E-state index in [9.17, 15) is 24.8 Å². The molecule has 8 nitrogen and oxygen atoms in total. The van der Waals surface area contributed by atoms with Gasteiger partial charge in [0, 0.05) is 11.8 Å². The lowest BCUT2D eigenvalue weighted by atomic mass is 10.0. The molecule has 0 saturated carbocycles. The molecule has 126 valence electrons. The van der Waals surface area contributed by atoms with Crippen LogP contribution in [0.5, 0.6) is 0 Å². The van der Waals surface area contributed by atoms with Crippen LogP contribution in [0, 0.1) is 16.0 Å². The number of carbonyl (C=O) groups excluding carboxylic acids is 1. The van der Waals surface area contributed by atoms with Crippen LogP contribution in [0.3, 0.4) is 0 Å². The molecule has 1 rings (SSSR count). The molecule has 2 N–H and O–H groups in total. The Kier molecular flexibility index (Phi) is 6.49. The van der Waals surface area contributed by atoms with Crippen molar-refractivity contribution in [2.45, 2.75) is 33.2 Å². The summed E-state index contributed by atoms with van der Waals surface area (Å²) in [5.41, 5.74) is -0.285. The third-order valence-corrected chi connectivity index (χ3v) is 3.03. The van der Waals surface area contributed by atoms with Crippen LogP contribution >= 0.6 is 0 Å². The first-order valence-corrected chi connectivity index (χ1v) is 7.21. The first kappa shape index (κ1) is 18.4. The average Bonchev–Trinajstić information content (AvgIpc) is 2.45. The highest BCUT2D eigenvalue weighted by atomic mass is 16.6. The molecule has 0 amide bonds. The minimum Gasteiger partial charge on any atom is -0.480 e. The number of rotatable bonds is 8. The van der Waals surface area contributed by atoms with Gasteiger partial charge in [-0.05, 0) is 31.4 Å². The molecule has 1 aromatic carbocycles. The van der Waals surface area contributed by atoms with Gasteiger partial charge in [-0.15, -0.1) is 0 Å². The number of carboxylic acids is 1. The third kappa shape index (κ3) is 5.24. The van der Waals surface area contributed by atoms with Crippen molar-refractivity contribution in [2.75, 3.05) is 11.9 Å². The Labute approximate surface area is 133 Å². The smallest absolute Gasteiger partial charge is 0.345 e. The number of nitrogens with one attached hydrogen (secondary N) is 1. The van der Waals surface area contributed by atoms with E-state index in [0.717, 1.165) is 6.07 Å². The quantitative estimate of drug-likeness (QED) is 0.428. The summed E-state index contributed by atoms with van der Waals surface area (Å²) in [6, 6.07) is 2.92. The van der Waals surface area contributed by atoms with Crippen molar-refractivity contribution in [3.05, 3.63) is 33.9 Å². The summed E-state index contributed by atoms with van der Waals surface area (Å²) >= 11 is 0. The Morgan fingerprint density at radius 1 is 1.39 bits per heavy atom. The van der Waals surface area contributed by atoms with E-state index in [-0.39, 0.29) is 23.8 Å². The number of aliphatic carboxylic acids is 1. The number of hydrogen-bond donors (Lipinski definition) is 2. The zero-order valence-corrected chi connectivity index (χ0v) is 13.2. The summed E-state index contributed by atoms with van der Waals surface area (Å²) in [6.07, 6.45) is 0.376. The van der Waals surface area contributed by atoms with E-state index < -0.39 is 22.9 Å². The fraction of sp³-hybridized carbons (Fsp3) is 0.467. The topological polar surface area (TPSA) is 119 Å². The van der Waals surface area contributed by atoms with Crippen molar-refractivity contribution >= 4 is 23.3 Å². The molecule has 0 heterocycles. The number of nitrogens with zero attached hydrogens (tertiary/aromatic N) is 1. The number of nitro groups is 1. The molecule has 1 aromatic rings. The van der Waals surface area contributed by atoms with Crippen LogP contribution in [0.4, 0.5) is 11.4 Å².